The summed E-state index contributed by atoms with van der Waals surface area (Å²) in [6.45, 7) is 6.53. The number of carbonyl (C=O) groups excluding carboxylic acids is 1. The van der Waals surface area contributed by atoms with Crippen LogP contribution in [0.2, 0.25) is 15.1 Å². The highest BCUT2D eigenvalue weighted by atomic mass is 35.5. The minimum absolute atomic E-state index is 0.269. The molecule has 7 heteroatoms. The predicted molar refractivity (Wildman–Crippen MR) is 98.4 cm³/mol. The number of ether oxygens (including phenoxy) is 2. The number of hydrogen-bond acceptors (Lipinski definition) is 3. The lowest BCUT2D eigenvalue weighted by atomic mass is 9.98. The number of nitrogens with zero attached hydrogens (tertiary/aromatic N) is 1. The van der Waals surface area contributed by atoms with E-state index in [9.17, 15) is 4.79 Å². The highest BCUT2D eigenvalue weighted by molar-refractivity contribution is 6.48. The van der Waals surface area contributed by atoms with Crippen LogP contribution in [0.1, 0.15) is 32.8 Å². The Bertz CT molecular complexity index is 681. The molecule has 0 N–H and O–H groups in total. The van der Waals surface area contributed by atoms with E-state index < -0.39 is 5.60 Å². The van der Waals surface area contributed by atoms with Crippen LogP contribution in [0.5, 0.6) is 5.75 Å². The Balaban J connectivity index is 2.23. The molecule has 0 spiro atoms. The highest BCUT2D eigenvalue weighted by Gasteiger charge is 2.25. The van der Waals surface area contributed by atoms with E-state index in [0.717, 1.165) is 11.1 Å². The summed E-state index contributed by atoms with van der Waals surface area (Å²) in [5.74, 6) is 0.489. The molecule has 0 aliphatic carbocycles. The molecule has 0 saturated carbocycles. The standard InChI is InChI=1S/C17H20Cl3NO3/c1-17(2,3)24-16(22)21-7-5-10(6-8-21)11-9-12(18)13(19)14(20)15(11)23-4/h5,9H,6-8H2,1-4H3. The maximum Gasteiger partial charge on any atom is 0.410 e. The Labute approximate surface area is 157 Å². The minimum atomic E-state index is -0.512. The molecule has 24 heavy (non-hydrogen) atoms. The number of hydrogen-bond donors (Lipinski definition) is 0. The average molecular weight is 393 g/mol. The van der Waals surface area contributed by atoms with Gasteiger partial charge in [0.25, 0.3) is 0 Å². The van der Waals surface area contributed by atoms with Crippen molar-refractivity contribution in [1.82, 2.24) is 4.90 Å². The number of methoxy groups -OCH3 is 1. The smallest absolute Gasteiger partial charge is 0.410 e. The molecule has 0 atom stereocenters. The van der Waals surface area contributed by atoms with Crippen molar-refractivity contribution in [3.05, 3.63) is 32.8 Å². The fourth-order valence-corrected chi connectivity index (χ4v) is 3.10. The van der Waals surface area contributed by atoms with Crippen molar-refractivity contribution < 1.29 is 14.3 Å². The van der Waals surface area contributed by atoms with Gasteiger partial charge >= 0.3 is 6.09 Å². The Morgan fingerprint density at radius 3 is 2.38 bits per heavy atom. The van der Waals surface area contributed by atoms with E-state index in [1.54, 1.807) is 11.0 Å². The summed E-state index contributed by atoms with van der Waals surface area (Å²) in [5.41, 5.74) is 1.29. The van der Waals surface area contributed by atoms with Crippen LogP contribution >= 0.6 is 34.8 Å². The van der Waals surface area contributed by atoms with Gasteiger partial charge < -0.3 is 14.4 Å². The van der Waals surface area contributed by atoms with Crippen LogP contribution in [0.25, 0.3) is 5.57 Å². The summed E-state index contributed by atoms with van der Waals surface area (Å²) < 4.78 is 10.8. The molecule has 1 aliphatic heterocycles. The van der Waals surface area contributed by atoms with Crippen molar-refractivity contribution >= 4 is 46.5 Å². The molecule has 1 aromatic rings. The maximum absolute atomic E-state index is 12.1. The van der Waals surface area contributed by atoms with Crippen LogP contribution in [0.3, 0.4) is 0 Å². The topological polar surface area (TPSA) is 38.8 Å². The average Bonchev–Trinajstić information content (AvgIpc) is 2.51. The van der Waals surface area contributed by atoms with Crippen molar-refractivity contribution in [2.75, 3.05) is 20.2 Å². The van der Waals surface area contributed by atoms with Gasteiger partial charge in [0, 0.05) is 18.7 Å². The van der Waals surface area contributed by atoms with Crippen molar-refractivity contribution in [3.63, 3.8) is 0 Å². The van der Waals surface area contributed by atoms with E-state index in [1.165, 1.54) is 7.11 Å². The summed E-state index contributed by atoms with van der Waals surface area (Å²) in [7, 11) is 1.53. The fraction of sp³-hybridized carbons (Fsp3) is 0.471. The SMILES string of the molecule is COc1c(C2=CCN(C(=O)OC(C)(C)C)CC2)cc(Cl)c(Cl)c1Cl. The lowest BCUT2D eigenvalue weighted by Crippen LogP contribution is -2.39. The summed E-state index contributed by atoms with van der Waals surface area (Å²) in [6, 6.07) is 1.74. The molecule has 0 bridgehead atoms. The second-order valence-electron chi connectivity index (χ2n) is 6.47. The van der Waals surface area contributed by atoms with E-state index in [0.29, 0.717) is 30.3 Å². The summed E-state index contributed by atoms with van der Waals surface area (Å²) in [6.07, 6.45) is 2.27. The molecule has 2 rings (SSSR count). The van der Waals surface area contributed by atoms with Gasteiger partial charge in [-0.2, -0.15) is 0 Å². The summed E-state index contributed by atoms with van der Waals surface area (Å²) in [4.78, 5) is 13.8. The Kier molecular flexibility index (Phi) is 5.95. The van der Waals surface area contributed by atoms with Gasteiger partial charge in [-0.1, -0.05) is 40.9 Å². The van der Waals surface area contributed by atoms with E-state index in [4.69, 9.17) is 44.3 Å². The molecule has 1 aliphatic rings. The van der Waals surface area contributed by atoms with Gasteiger partial charge in [0.15, 0.2) is 0 Å². The molecule has 1 aromatic carbocycles. The monoisotopic (exact) mass is 391 g/mol. The Morgan fingerprint density at radius 1 is 1.21 bits per heavy atom. The van der Waals surface area contributed by atoms with Gasteiger partial charge in [-0.25, -0.2) is 4.79 Å². The Hall–Kier alpha value is -1.10. The third kappa shape index (κ3) is 4.29. The molecular weight excluding hydrogens is 373 g/mol. The third-order valence-corrected chi connectivity index (χ3v) is 4.77. The van der Waals surface area contributed by atoms with Crippen LogP contribution in [0.15, 0.2) is 12.1 Å². The normalized spacial score (nSPS) is 15.1. The number of carbonyl (C=O) groups is 1. The molecule has 0 unspecified atom stereocenters. The zero-order valence-electron chi connectivity index (χ0n) is 14.1. The van der Waals surface area contributed by atoms with Crippen LogP contribution in [-0.2, 0) is 4.74 Å². The molecule has 4 nitrogen and oxygen atoms in total. The van der Waals surface area contributed by atoms with Gasteiger partial charge in [0.2, 0.25) is 0 Å². The first-order valence-electron chi connectivity index (χ1n) is 7.53. The number of halogens is 3. The van der Waals surface area contributed by atoms with Crippen LogP contribution in [-0.4, -0.2) is 36.8 Å². The largest absolute Gasteiger partial charge is 0.494 e. The summed E-state index contributed by atoms with van der Waals surface area (Å²) in [5, 5.41) is 0.927. The van der Waals surface area contributed by atoms with Crippen molar-refractivity contribution in [2.45, 2.75) is 32.8 Å². The van der Waals surface area contributed by atoms with Crippen molar-refractivity contribution in [3.8, 4) is 5.75 Å². The highest BCUT2D eigenvalue weighted by Crippen LogP contribution is 2.43. The van der Waals surface area contributed by atoms with Crippen molar-refractivity contribution in [1.29, 1.82) is 0 Å². The molecule has 1 heterocycles. The van der Waals surface area contributed by atoms with Crippen LogP contribution < -0.4 is 4.74 Å². The first-order chi connectivity index (χ1) is 11.1. The first-order valence-corrected chi connectivity index (χ1v) is 8.66. The molecular formula is C17H20Cl3NO3. The molecule has 0 fully saturated rings. The molecule has 0 radical (unpaired) electrons. The molecule has 0 aromatic heterocycles. The van der Waals surface area contributed by atoms with E-state index in [1.807, 2.05) is 26.8 Å². The lowest BCUT2D eigenvalue weighted by molar-refractivity contribution is 0.0270. The van der Waals surface area contributed by atoms with E-state index in [2.05, 4.69) is 0 Å². The zero-order valence-corrected chi connectivity index (χ0v) is 16.3. The van der Waals surface area contributed by atoms with E-state index >= 15 is 0 Å². The zero-order chi connectivity index (χ0) is 18.1. The Morgan fingerprint density at radius 2 is 1.88 bits per heavy atom. The first kappa shape index (κ1) is 19.2. The second kappa shape index (κ2) is 7.42. The second-order valence-corrected chi connectivity index (χ2v) is 7.64. The van der Waals surface area contributed by atoms with Crippen molar-refractivity contribution in [2.24, 2.45) is 0 Å². The number of amides is 1. The van der Waals surface area contributed by atoms with Gasteiger partial charge in [-0.05, 0) is 38.8 Å². The fourth-order valence-electron chi connectivity index (χ4n) is 2.42. The van der Waals surface area contributed by atoms with Gasteiger partial charge in [0.05, 0.1) is 17.2 Å². The van der Waals surface area contributed by atoms with E-state index in [-0.39, 0.29) is 16.1 Å². The summed E-state index contributed by atoms with van der Waals surface area (Å²) >= 11 is 18.4. The number of benzene rings is 1. The van der Waals surface area contributed by atoms with Gasteiger partial charge in [-0.3, -0.25) is 0 Å². The minimum Gasteiger partial charge on any atom is -0.494 e. The molecule has 0 saturated heterocycles. The van der Waals surface area contributed by atoms with Crippen LogP contribution in [0, 0.1) is 0 Å². The quantitative estimate of drug-likeness (QED) is 0.608. The van der Waals surface area contributed by atoms with Gasteiger partial charge in [-0.15, -0.1) is 0 Å². The lowest BCUT2D eigenvalue weighted by Gasteiger charge is -2.30. The predicted octanol–water partition coefficient (Wildman–Crippen LogP) is 5.68. The van der Waals surface area contributed by atoms with Crippen LogP contribution in [0.4, 0.5) is 4.79 Å². The molecule has 132 valence electrons. The molecule has 1 amide bonds. The number of rotatable bonds is 2. The maximum atomic E-state index is 12.1. The van der Waals surface area contributed by atoms with Gasteiger partial charge in [0.1, 0.15) is 16.4 Å². The third-order valence-electron chi connectivity index (χ3n) is 3.53.